The van der Waals surface area contributed by atoms with Gasteiger partial charge < -0.3 is 10.6 Å². The average molecular weight is 347 g/mol. The highest BCUT2D eigenvalue weighted by Gasteiger charge is 2.19. The predicted octanol–water partition coefficient (Wildman–Crippen LogP) is 1.85. The Morgan fingerprint density at radius 1 is 1.32 bits per heavy atom. The molecule has 0 aliphatic rings. The minimum absolute atomic E-state index is 0.0874. The van der Waals surface area contributed by atoms with Crippen LogP contribution < -0.4 is 10.6 Å². The van der Waals surface area contributed by atoms with Crippen molar-refractivity contribution in [3.8, 4) is 0 Å². The maximum Gasteiger partial charge on any atom is 0.252 e. The Morgan fingerprint density at radius 2 is 1.95 bits per heavy atom. The molecule has 0 aliphatic heterocycles. The molecule has 0 bridgehead atoms. The number of sulfonamides is 1. The van der Waals surface area contributed by atoms with Crippen LogP contribution in [0.15, 0.2) is 21.3 Å². The van der Waals surface area contributed by atoms with E-state index in [2.05, 4.69) is 36.4 Å². The molecule has 1 heterocycles. The van der Waals surface area contributed by atoms with Crippen LogP contribution >= 0.6 is 11.3 Å². The molecule has 0 radical (unpaired) electrons. The minimum Gasteiger partial charge on any atom is -0.357 e. The summed E-state index contributed by atoms with van der Waals surface area (Å²) in [6, 6.07) is 3.44. The molecule has 6 nitrogen and oxygen atoms in total. The third-order valence-electron chi connectivity index (χ3n) is 2.60. The van der Waals surface area contributed by atoms with Crippen molar-refractivity contribution in [2.24, 2.45) is 4.99 Å². The molecule has 0 saturated heterocycles. The molecule has 126 valence electrons. The first kappa shape index (κ1) is 18.9. The zero-order valence-corrected chi connectivity index (χ0v) is 15.7. The summed E-state index contributed by atoms with van der Waals surface area (Å²) in [7, 11) is -0.299. The Kier molecular flexibility index (Phi) is 6.39. The zero-order chi connectivity index (χ0) is 17.0. The smallest absolute Gasteiger partial charge is 0.252 e. The normalized spacial score (nSPS) is 13.5. The Hall–Kier alpha value is -1.12. The van der Waals surface area contributed by atoms with Gasteiger partial charge in [-0.05, 0) is 39.8 Å². The van der Waals surface area contributed by atoms with Crippen LogP contribution in [0.1, 0.15) is 32.6 Å². The average Bonchev–Trinajstić information content (AvgIpc) is 2.83. The molecule has 0 fully saturated rings. The van der Waals surface area contributed by atoms with Crippen molar-refractivity contribution in [3.63, 3.8) is 0 Å². The van der Waals surface area contributed by atoms with Gasteiger partial charge in [-0.1, -0.05) is 0 Å². The molecule has 0 aliphatic carbocycles. The summed E-state index contributed by atoms with van der Waals surface area (Å²) in [5.74, 6) is 0.723. The molecule has 0 saturated carbocycles. The van der Waals surface area contributed by atoms with Gasteiger partial charge in [0.2, 0.25) is 0 Å². The fourth-order valence-corrected chi connectivity index (χ4v) is 4.03. The van der Waals surface area contributed by atoms with E-state index in [1.165, 1.54) is 29.7 Å². The van der Waals surface area contributed by atoms with Gasteiger partial charge in [-0.3, -0.25) is 0 Å². The van der Waals surface area contributed by atoms with Crippen LogP contribution in [0, 0.1) is 0 Å². The molecule has 1 aromatic rings. The summed E-state index contributed by atoms with van der Waals surface area (Å²) < 4.78 is 25.7. The molecule has 1 rings (SSSR count). The lowest BCUT2D eigenvalue weighted by Gasteiger charge is -2.23. The lowest BCUT2D eigenvalue weighted by molar-refractivity contribution is 0.501. The third kappa shape index (κ3) is 5.58. The minimum atomic E-state index is -3.36. The monoisotopic (exact) mass is 346 g/mol. The summed E-state index contributed by atoms with van der Waals surface area (Å²) in [5.41, 5.74) is -0.0874. The summed E-state index contributed by atoms with van der Waals surface area (Å²) in [4.78, 5) is 5.41. The van der Waals surface area contributed by atoms with Crippen LogP contribution in [0.5, 0.6) is 0 Å². The van der Waals surface area contributed by atoms with E-state index < -0.39 is 10.0 Å². The van der Waals surface area contributed by atoms with Gasteiger partial charge in [0.15, 0.2) is 5.96 Å². The van der Waals surface area contributed by atoms with Crippen LogP contribution in [0.2, 0.25) is 0 Å². The van der Waals surface area contributed by atoms with E-state index in [4.69, 9.17) is 0 Å². The van der Waals surface area contributed by atoms with Gasteiger partial charge in [-0.15, -0.1) is 11.3 Å². The van der Waals surface area contributed by atoms with Gasteiger partial charge >= 0.3 is 0 Å². The van der Waals surface area contributed by atoms with Crippen LogP contribution in [0.4, 0.5) is 0 Å². The Balaban J connectivity index is 2.86. The fourth-order valence-electron chi connectivity index (χ4n) is 1.58. The van der Waals surface area contributed by atoms with Crippen molar-refractivity contribution in [1.29, 1.82) is 0 Å². The molecule has 8 heteroatoms. The third-order valence-corrected chi connectivity index (χ3v) is 5.96. The lowest BCUT2D eigenvalue weighted by atomic mass is 10.1. The molecule has 2 N–H and O–H groups in total. The van der Waals surface area contributed by atoms with E-state index in [0.717, 1.165) is 17.4 Å². The van der Waals surface area contributed by atoms with E-state index in [9.17, 15) is 8.42 Å². The van der Waals surface area contributed by atoms with Gasteiger partial charge in [0, 0.05) is 31.1 Å². The highest BCUT2D eigenvalue weighted by molar-refractivity contribution is 7.91. The molecular formula is C14H26N4O2S2. The van der Waals surface area contributed by atoms with Crippen molar-refractivity contribution in [2.75, 3.05) is 20.6 Å². The van der Waals surface area contributed by atoms with Gasteiger partial charge in [-0.2, -0.15) is 0 Å². The molecule has 0 atom stereocenters. The van der Waals surface area contributed by atoms with Crippen LogP contribution in [-0.2, 0) is 16.6 Å². The van der Waals surface area contributed by atoms with Gasteiger partial charge in [0.05, 0.1) is 6.54 Å². The molecule has 0 unspecified atom stereocenters. The number of aliphatic imine (C=N–C) groups is 1. The molecule has 0 amide bonds. The lowest BCUT2D eigenvalue weighted by Crippen LogP contribution is -2.47. The zero-order valence-electron chi connectivity index (χ0n) is 14.1. The van der Waals surface area contributed by atoms with Gasteiger partial charge in [0.1, 0.15) is 4.21 Å². The van der Waals surface area contributed by atoms with Crippen molar-refractivity contribution >= 4 is 27.3 Å². The Labute approximate surface area is 137 Å². The van der Waals surface area contributed by atoms with Crippen molar-refractivity contribution in [2.45, 2.75) is 44.0 Å². The standard InChI is InChI=1S/C14H26N4O2S2/c1-7-15-13(17-14(2,3)4)16-10-11-8-9-12(21-11)22(19,20)18(5)6/h8-9H,7,10H2,1-6H3,(H2,15,16,17). The van der Waals surface area contributed by atoms with E-state index in [1.807, 2.05) is 13.0 Å². The summed E-state index contributed by atoms with van der Waals surface area (Å²) in [5, 5.41) is 6.48. The fraction of sp³-hybridized carbons (Fsp3) is 0.643. The summed E-state index contributed by atoms with van der Waals surface area (Å²) in [6.45, 7) is 9.41. The SMILES string of the molecule is CCNC(=NCc1ccc(S(=O)(=O)N(C)C)s1)NC(C)(C)C. The number of thiophene rings is 1. The van der Waals surface area contributed by atoms with E-state index in [-0.39, 0.29) is 5.54 Å². The molecule has 1 aromatic heterocycles. The second kappa shape index (κ2) is 7.43. The molecule has 0 aromatic carbocycles. The number of guanidine groups is 1. The number of nitrogens with one attached hydrogen (secondary N) is 2. The second-order valence-corrected chi connectivity index (χ2v) is 9.63. The van der Waals surface area contributed by atoms with Crippen LogP contribution in [-0.4, -0.2) is 44.9 Å². The number of hydrogen-bond acceptors (Lipinski definition) is 4. The first-order chi connectivity index (χ1) is 10.1. The number of rotatable bonds is 5. The highest BCUT2D eigenvalue weighted by Crippen LogP contribution is 2.24. The number of hydrogen-bond donors (Lipinski definition) is 2. The largest absolute Gasteiger partial charge is 0.357 e. The highest BCUT2D eigenvalue weighted by atomic mass is 32.2. The van der Waals surface area contributed by atoms with Crippen LogP contribution in [0.25, 0.3) is 0 Å². The van der Waals surface area contributed by atoms with E-state index >= 15 is 0 Å². The van der Waals surface area contributed by atoms with Crippen molar-refractivity contribution in [3.05, 3.63) is 17.0 Å². The predicted molar refractivity (Wildman–Crippen MR) is 92.9 cm³/mol. The summed E-state index contributed by atoms with van der Waals surface area (Å²) in [6.07, 6.45) is 0. The first-order valence-corrected chi connectivity index (χ1v) is 9.39. The quantitative estimate of drug-likeness (QED) is 0.630. The number of nitrogens with zero attached hydrogens (tertiary/aromatic N) is 2. The Bertz CT molecular complexity index is 613. The second-order valence-electron chi connectivity index (χ2n) is 6.08. The molecular weight excluding hydrogens is 320 g/mol. The van der Waals surface area contributed by atoms with Gasteiger partial charge in [-0.25, -0.2) is 17.7 Å². The first-order valence-electron chi connectivity index (χ1n) is 7.14. The van der Waals surface area contributed by atoms with Crippen molar-refractivity contribution in [1.82, 2.24) is 14.9 Å². The molecule has 22 heavy (non-hydrogen) atoms. The van der Waals surface area contributed by atoms with Gasteiger partial charge in [0.25, 0.3) is 10.0 Å². The summed E-state index contributed by atoms with van der Waals surface area (Å²) >= 11 is 1.25. The van der Waals surface area contributed by atoms with E-state index in [0.29, 0.717) is 10.8 Å². The van der Waals surface area contributed by atoms with Crippen molar-refractivity contribution < 1.29 is 8.42 Å². The van der Waals surface area contributed by atoms with E-state index in [1.54, 1.807) is 6.07 Å². The molecule has 0 spiro atoms. The maximum absolute atomic E-state index is 12.0. The topological polar surface area (TPSA) is 73.8 Å². The maximum atomic E-state index is 12.0. The Morgan fingerprint density at radius 3 is 2.45 bits per heavy atom. The van der Waals surface area contributed by atoms with Crippen LogP contribution in [0.3, 0.4) is 0 Å².